The van der Waals surface area contributed by atoms with Gasteiger partial charge < -0.3 is 9.47 Å². The Morgan fingerprint density at radius 1 is 1.27 bits per heavy atom. The SMILES string of the molecule is CCCCC(C(OC(C)=O)C(C)(C)COc1ccccc1)n1cncn1. The first-order valence-corrected chi connectivity index (χ1v) is 9.13. The van der Waals surface area contributed by atoms with Crippen LogP contribution in [0.25, 0.3) is 0 Å². The molecular weight excluding hydrogens is 330 g/mol. The Balaban J connectivity index is 2.22. The van der Waals surface area contributed by atoms with Crippen LogP contribution >= 0.6 is 0 Å². The summed E-state index contributed by atoms with van der Waals surface area (Å²) in [6.45, 7) is 8.12. The van der Waals surface area contributed by atoms with Gasteiger partial charge in [-0.25, -0.2) is 9.67 Å². The van der Waals surface area contributed by atoms with Crippen molar-refractivity contribution in [1.29, 1.82) is 0 Å². The third-order valence-corrected chi connectivity index (χ3v) is 4.40. The van der Waals surface area contributed by atoms with E-state index >= 15 is 0 Å². The first-order valence-electron chi connectivity index (χ1n) is 9.13. The molecule has 0 amide bonds. The number of nitrogens with zero attached hydrogens (tertiary/aromatic N) is 3. The lowest BCUT2D eigenvalue weighted by atomic mass is 9.81. The average molecular weight is 359 g/mol. The molecule has 0 bridgehead atoms. The number of carbonyl (C=O) groups excluding carboxylic acids is 1. The molecule has 1 aromatic heterocycles. The van der Waals surface area contributed by atoms with Gasteiger partial charge in [-0.3, -0.25) is 4.79 Å². The molecule has 2 rings (SSSR count). The Morgan fingerprint density at radius 2 is 2.00 bits per heavy atom. The van der Waals surface area contributed by atoms with Crippen molar-refractivity contribution in [3.05, 3.63) is 43.0 Å². The van der Waals surface area contributed by atoms with Crippen molar-refractivity contribution in [1.82, 2.24) is 14.8 Å². The van der Waals surface area contributed by atoms with Gasteiger partial charge in [-0.2, -0.15) is 5.10 Å². The molecule has 6 nitrogen and oxygen atoms in total. The molecule has 26 heavy (non-hydrogen) atoms. The van der Waals surface area contributed by atoms with E-state index in [2.05, 4.69) is 30.9 Å². The van der Waals surface area contributed by atoms with Gasteiger partial charge in [-0.15, -0.1) is 0 Å². The van der Waals surface area contributed by atoms with Crippen molar-refractivity contribution in [2.45, 2.75) is 59.1 Å². The van der Waals surface area contributed by atoms with Crippen molar-refractivity contribution >= 4 is 5.97 Å². The second kappa shape index (κ2) is 9.36. The molecule has 2 unspecified atom stereocenters. The zero-order chi connectivity index (χ0) is 19.0. The van der Waals surface area contributed by atoms with E-state index in [1.54, 1.807) is 11.0 Å². The van der Waals surface area contributed by atoms with Crippen LogP contribution < -0.4 is 4.74 Å². The summed E-state index contributed by atoms with van der Waals surface area (Å²) < 4.78 is 13.5. The molecule has 2 atom stereocenters. The van der Waals surface area contributed by atoms with E-state index in [0.29, 0.717) is 6.61 Å². The molecule has 0 fully saturated rings. The number of aromatic nitrogens is 3. The molecule has 6 heteroatoms. The fourth-order valence-corrected chi connectivity index (χ4v) is 3.03. The lowest BCUT2D eigenvalue weighted by Gasteiger charge is -2.38. The standard InChI is InChI=1S/C20H29N3O3/c1-5-6-12-18(23-15-21-14-22-23)19(26-16(2)24)20(3,4)13-25-17-10-8-7-9-11-17/h7-11,14-15,18-19H,5-6,12-13H2,1-4H3. The molecule has 0 spiro atoms. The van der Waals surface area contributed by atoms with Crippen LogP contribution in [0.4, 0.5) is 0 Å². The van der Waals surface area contributed by atoms with E-state index in [1.807, 2.05) is 30.3 Å². The average Bonchev–Trinajstić information content (AvgIpc) is 3.14. The van der Waals surface area contributed by atoms with Gasteiger partial charge in [0, 0.05) is 12.3 Å². The van der Waals surface area contributed by atoms with Crippen LogP contribution in [0.3, 0.4) is 0 Å². The fraction of sp³-hybridized carbons (Fsp3) is 0.550. The van der Waals surface area contributed by atoms with Crippen LogP contribution in [0.15, 0.2) is 43.0 Å². The highest BCUT2D eigenvalue weighted by molar-refractivity contribution is 5.66. The molecule has 0 saturated carbocycles. The van der Waals surface area contributed by atoms with E-state index in [-0.39, 0.29) is 18.1 Å². The molecule has 0 aliphatic heterocycles. The summed E-state index contributed by atoms with van der Waals surface area (Å²) in [5.41, 5.74) is -0.411. The lowest BCUT2D eigenvalue weighted by Crippen LogP contribution is -2.44. The van der Waals surface area contributed by atoms with Gasteiger partial charge in [0.05, 0.1) is 12.6 Å². The highest BCUT2D eigenvalue weighted by Gasteiger charge is 2.40. The molecule has 0 aliphatic carbocycles. The van der Waals surface area contributed by atoms with Gasteiger partial charge in [-0.1, -0.05) is 51.8 Å². The Labute approximate surface area is 155 Å². The summed E-state index contributed by atoms with van der Waals surface area (Å²) in [7, 11) is 0. The molecule has 142 valence electrons. The largest absolute Gasteiger partial charge is 0.493 e. The highest BCUT2D eigenvalue weighted by Crippen LogP contribution is 2.35. The normalized spacial score (nSPS) is 13.8. The predicted molar refractivity (Wildman–Crippen MR) is 99.9 cm³/mol. The summed E-state index contributed by atoms with van der Waals surface area (Å²) >= 11 is 0. The topological polar surface area (TPSA) is 66.2 Å². The van der Waals surface area contributed by atoms with Gasteiger partial charge in [0.1, 0.15) is 24.5 Å². The van der Waals surface area contributed by atoms with Gasteiger partial charge in [0.15, 0.2) is 0 Å². The minimum absolute atomic E-state index is 0.0873. The number of ether oxygens (including phenoxy) is 2. The van der Waals surface area contributed by atoms with Crippen LogP contribution in [0.2, 0.25) is 0 Å². The smallest absolute Gasteiger partial charge is 0.302 e. The molecule has 1 heterocycles. The molecule has 1 aromatic carbocycles. The van der Waals surface area contributed by atoms with Crippen LogP contribution in [0, 0.1) is 5.41 Å². The summed E-state index contributed by atoms with van der Waals surface area (Å²) in [5, 5.41) is 4.30. The van der Waals surface area contributed by atoms with Gasteiger partial charge in [0.25, 0.3) is 0 Å². The minimum Gasteiger partial charge on any atom is -0.493 e. The first-order chi connectivity index (χ1) is 12.4. The first kappa shape index (κ1) is 19.9. The van der Waals surface area contributed by atoms with E-state index in [9.17, 15) is 4.79 Å². The van der Waals surface area contributed by atoms with E-state index in [1.165, 1.54) is 13.3 Å². The molecule has 2 aromatic rings. The van der Waals surface area contributed by atoms with E-state index in [4.69, 9.17) is 9.47 Å². The molecular formula is C20H29N3O3. The maximum Gasteiger partial charge on any atom is 0.302 e. The van der Waals surface area contributed by atoms with Gasteiger partial charge in [0.2, 0.25) is 0 Å². The van der Waals surface area contributed by atoms with E-state index < -0.39 is 5.41 Å². The zero-order valence-corrected chi connectivity index (χ0v) is 16.1. The number of para-hydroxylation sites is 1. The fourth-order valence-electron chi connectivity index (χ4n) is 3.03. The van der Waals surface area contributed by atoms with E-state index in [0.717, 1.165) is 25.0 Å². The van der Waals surface area contributed by atoms with Crippen molar-refractivity contribution in [3.8, 4) is 5.75 Å². The van der Waals surface area contributed by atoms with Gasteiger partial charge in [-0.05, 0) is 18.6 Å². The van der Waals surface area contributed by atoms with Crippen LogP contribution in [0.1, 0.15) is 53.0 Å². The number of rotatable bonds is 10. The van der Waals surface area contributed by atoms with Crippen molar-refractivity contribution < 1.29 is 14.3 Å². The summed E-state index contributed by atoms with van der Waals surface area (Å²) in [6, 6.07) is 9.57. The molecule has 0 radical (unpaired) electrons. The quantitative estimate of drug-likeness (QED) is 0.599. The number of benzene rings is 1. The summed E-state index contributed by atoms with van der Waals surface area (Å²) in [5.74, 6) is 0.498. The van der Waals surface area contributed by atoms with Crippen LogP contribution in [0.5, 0.6) is 5.75 Å². The number of hydrogen-bond donors (Lipinski definition) is 0. The van der Waals surface area contributed by atoms with Crippen molar-refractivity contribution in [3.63, 3.8) is 0 Å². The predicted octanol–water partition coefficient (Wildman–Crippen LogP) is 4.05. The second-order valence-electron chi connectivity index (χ2n) is 7.21. The van der Waals surface area contributed by atoms with Crippen LogP contribution in [-0.4, -0.2) is 33.4 Å². The highest BCUT2D eigenvalue weighted by atomic mass is 16.5. The Morgan fingerprint density at radius 3 is 2.58 bits per heavy atom. The van der Waals surface area contributed by atoms with Gasteiger partial charge >= 0.3 is 5.97 Å². The maximum absolute atomic E-state index is 11.8. The Kier molecular flexibility index (Phi) is 7.18. The Bertz CT molecular complexity index is 656. The third kappa shape index (κ3) is 5.58. The number of carbonyl (C=O) groups is 1. The van der Waals surface area contributed by atoms with Crippen molar-refractivity contribution in [2.24, 2.45) is 5.41 Å². The number of esters is 1. The molecule has 0 aliphatic rings. The van der Waals surface area contributed by atoms with Crippen LogP contribution in [-0.2, 0) is 9.53 Å². The zero-order valence-electron chi connectivity index (χ0n) is 16.1. The lowest BCUT2D eigenvalue weighted by molar-refractivity contribution is -0.158. The number of hydrogen-bond acceptors (Lipinski definition) is 5. The second-order valence-corrected chi connectivity index (χ2v) is 7.21. The number of unbranched alkanes of at least 4 members (excludes halogenated alkanes) is 1. The maximum atomic E-state index is 11.8. The molecule has 0 N–H and O–H groups in total. The minimum atomic E-state index is -0.411. The monoisotopic (exact) mass is 359 g/mol. The third-order valence-electron chi connectivity index (χ3n) is 4.40. The van der Waals surface area contributed by atoms with Crippen molar-refractivity contribution in [2.75, 3.05) is 6.61 Å². The summed E-state index contributed by atoms with van der Waals surface area (Å²) in [6.07, 6.45) is 5.74. The Hall–Kier alpha value is -2.37. The molecule has 0 saturated heterocycles. The summed E-state index contributed by atoms with van der Waals surface area (Å²) in [4.78, 5) is 15.9.